The van der Waals surface area contributed by atoms with Crippen molar-refractivity contribution in [1.82, 2.24) is 20.8 Å². The monoisotopic (exact) mass is 450 g/mol. The van der Waals surface area contributed by atoms with Gasteiger partial charge in [0.1, 0.15) is 15.7 Å². The number of aryl methyl sites for hydroxylation is 2. The second kappa shape index (κ2) is 9.52. The molecule has 0 radical (unpaired) electrons. The summed E-state index contributed by atoms with van der Waals surface area (Å²) < 4.78 is 19.4. The molecule has 32 heavy (non-hydrogen) atoms. The lowest BCUT2D eigenvalue weighted by Gasteiger charge is -2.05. The molecule has 0 saturated heterocycles. The third-order valence-electron chi connectivity index (χ3n) is 4.60. The molecule has 2 aromatic heterocycles. The van der Waals surface area contributed by atoms with Crippen LogP contribution in [0.15, 0.2) is 65.2 Å². The number of nitrogens with zero attached hydrogens (tertiary/aromatic N) is 2. The minimum absolute atomic E-state index is 0.0362. The first-order valence-corrected chi connectivity index (χ1v) is 10.6. The first-order valence-electron chi connectivity index (χ1n) is 9.83. The number of hydrogen-bond donors (Lipinski definition) is 2. The van der Waals surface area contributed by atoms with Crippen LogP contribution >= 0.6 is 11.3 Å². The molecule has 0 aliphatic heterocycles. The van der Waals surface area contributed by atoms with Crippen LogP contribution in [0, 0.1) is 12.7 Å². The van der Waals surface area contributed by atoms with Crippen molar-refractivity contribution in [3.63, 3.8) is 0 Å². The fourth-order valence-electron chi connectivity index (χ4n) is 2.99. The molecule has 2 heterocycles. The minimum atomic E-state index is -0.437. The Bertz CT molecular complexity index is 1250. The van der Waals surface area contributed by atoms with Gasteiger partial charge in [-0.1, -0.05) is 42.5 Å². The van der Waals surface area contributed by atoms with Crippen LogP contribution in [-0.2, 0) is 11.2 Å². The molecule has 0 atom stereocenters. The maximum Gasteiger partial charge on any atom is 0.281 e. The SMILES string of the molecule is Cc1nc(-c2ccccc2)sc1C(=O)NNC(=O)CCc1ncc(-c2ccccc2F)o1. The van der Waals surface area contributed by atoms with Gasteiger partial charge in [-0.3, -0.25) is 20.4 Å². The van der Waals surface area contributed by atoms with Gasteiger partial charge in [0.25, 0.3) is 5.91 Å². The smallest absolute Gasteiger partial charge is 0.281 e. The van der Waals surface area contributed by atoms with E-state index in [2.05, 4.69) is 20.8 Å². The van der Waals surface area contributed by atoms with Crippen molar-refractivity contribution in [3.05, 3.63) is 83.1 Å². The number of nitrogens with one attached hydrogen (secondary N) is 2. The highest BCUT2D eigenvalue weighted by molar-refractivity contribution is 7.17. The fraction of sp³-hybridized carbons (Fsp3) is 0.130. The second-order valence-electron chi connectivity index (χ2n) is 6.90. The Balaban J connectivity index is 1.30. The van der Waals surface area contributed by atoms with Crippen LogP contribution in [0.2, 0.25) is 0 Å². The lowest BCUT2D eigenvalue weighted by Crippen LogP contribution is -2.41. The standard InChI is InChI=1S/C23H19FN4O3S/c1-14-21(32-23(26-14)15-7-3-2-4-8-15)22(30)28-27-19(29)11-12-20-25-13-18(31-20)16-9-5-6-10-17(16)24/h2-10,13H,11-12H2,1H3,(H,27,29)(H,28,30). The van der Waals surface area contributed by atoms with Gasteiger partial charge in [-0.25, -0.2) is 14.4 Å². The van der Waals surface area contributed by atoms with Gasteiger partial charge in [-0.15, -0.1) is 11.3 Å². The number of halogens is 1. The summed E-state index contributed by atoms with van der Waals surface area (Å²) in [6, 6.07) is 15.8. The molecule has 0 saturated carbocycles. The molecule has 7 nitrogen and oxygen atoms in total. The number of hydrazine groups is 1. The van der Waals surface area contributed by atoms with Crippen molar-refractivity contribution >= 4 is 23.2 Å². The molecule has 0 fully saturated rings. The molecule has 162 valence electrons. The van der Waals surface area contributed by atoms with Gasteiger partial charge in [-0.2, -0.15) is 0 Å². The van der Waals surface area contributed by atoms with Crippen molar-refractivity contribution in [3.8, 4) is 21.9 Å². The van der Waals surface area contributed by atoms with Gasteiger partial charge >= 0.3 is 0 Å². The van der Waals surface area contributed by atoms with E-state index in [-0.39, 0.29) is 12.8 Å². The Labute approximate surface area is 187 Å². The van der Waals surface area contributed by atoms with Crippen molar-refractivity contribution in [2.45, 2.75) is 19.8 Å². The molecule has 2 N–H and O–H groups in total. The number of benzene rings is 2. The summed E-state index contributed by atoms with van der Waals surface area (Å²) in [7, 11) is 0. The zero-order chi connectivity index (χ0) is 22.5. The number of carbonyl (C=O) groups excluding carboxylic acids is 2. The number of aromatic nitrogens is 2. The van der Waals surface area contributed by atoms with Gasteiger partial charge in [0.2, 0.25) is 5.91 Å². The van der Waals surface area contributed by atoms with E-state index in [0.29, 0.717) is 27.8 Å². The number of carbonyl (C=O) groups is 2. The third-order valence-corrected chi connectivity index (χ3v) is 5.80. The Morgan fingerprint density at radius 3 is 2.59 bits per heavy atom. The quantitative estimate of drug-likeness (QED) is 0.427. The van der Waals surface area contributed by atoms with E-state index in [4.69, 9.17) is 4.42 Å². The van der Waals surface area contributed by atoms with Crippen LogP contribution in [-0.4, -0.2) is 21.8 Å². The van der Waals surface area contributed by atoms with Gasteiger partial charge in [0, 0.05) is 18.4 Å². The summed E-state index contributed by atoms with van der Waals surface area (Å²) in [5.41, 5.74) is 6.60. The molecule has 2 aromatic carbocycles. The molecule has 0 bridgehead atoms. The average Bonchev–Trinajstić information content (AvgIpc) is 3.44. The molecule has 4 rings (SSSR count). The summed E-state index contributed by atoms with van der Waals surface area (Å²) >= 11 is 1.25. The highest BCUT2D eigenvalue weighted by Gasteiger charge is 2.17. The zero-order valence-corrected chi connectivity index (χ0v) is 17.9. The van der Waals surface area contributed by atoms with Crippen LogP contribution in [0.5, 0.6) is 0 Å². The molecular formula is C23H19FN4O3S. The fourth-order valence-corrected chi connectivity index (χ4v) is 3.96. The molecule has 9 heteroatoms. The van der Waals surface area contributed by atoms with Crippen molar-refractivity contribution in [2.24, 2.45) is 0 Å². The Kier molecular flexibility index (Phi) is 6.37. The van der Waals surface area contributed by atoms with Gasteiger partial charge in [0.15, 0.2) is 11.7 Å². The molecule has 0 aliphatic rings. The second-order valence-corrected chi connectivity index (χ2v) is 7.90. The average molecular weight is 450 g/mol. The third kappa shape index (κ3) is 4.89. The van der Waals surface area contributed by atoms with Crippen LogP contribution in [0.4, 0.5) is 4.39 Å². The molecule has 0 spiro atoms. The first kappa shape index (κ1) is 21.4. The van der Waals surface area contributed by atoms with Crippen LogP contribution in [0.3, 0.4) is 0 Å². The molecule has 0 aliphatic carbocycles. The minimum Gasteiger partial charge on any atom is -0.441 e. The molecule has 4 aromatic rings. The Morgan fingerprint density at radius 1 is 1.06 bits per heavy atom. The normalized spacial score (nSPS) is 10.7. The lowest BCUT2D eigenvalue weighted by atomic mass is 10.2. The van der Waals surface area contributed by atoms with Gasteiger partial charge in [0.05, 0.1) is 17.5 Å². The van der Waals surface area contributed by atoms with E-state index in [1.54, 1.807) is 25.1 Å². The maximum absolute atomic E-state index is 13.8. The topological polar surface area (TPSA) is 97.1 Å². The van der Waals surface area contributed by atoms with E-state index in [9.17, 15) is 14.0 Å². The number of rotatable bonds is 6. The zero-order valence-electron chi connectivity index (χ0n) is 17.1. The Hall–Kier alpha value is -3.85. The summed E-state index contributed by atoms with van der Waals surface area (Å²) in [6.07, 6.45) is 1.66. The van der Waals surface area contributed by atoms with E-state index in [1.807, 2.05) is 30.3 Å². The summed E-state index contributed by atoms with van der Waals surface area (Å²) in [6.45, 7) is 1.75. The van der Waals surface area contributed by atoms with Crippen molar-refractivity contribution in [1.29, 1.82) is 0 Å². The number of thiazole rings is 1. The first-order chi connectivity index (χ1) is 15.5. The highest BCUT2D eigenvalue weighted by Crippen LogP contribution is 2.27. The summed E-state index contributed by atoms with van der Waals surface area (Å²) in [5.74, 6) is -0.662. The summed E-state index contributed by atoms with van der Waals surface area (Å²) in [5, 5.41) is 0.731. The van der Waals surface area contributed by atoms with Gasteiger partial charge in [-0.05, 0) is 19.1 Å². The van der Waals surface area contributed by atoms with E-state index in [0.717, 1.165) is 10.6 Å². The highest BCUT2D eigenvalue weighted by atomic mass is 32.1. The van der Waals surface area contributed by atoms with E-state index in [1.165, 1.54) is 23.6 Å². The van der Waals surface area contributed by atoms with Gasteiger partial charge < -0.3 is 4.42 Å². The van der Waals surface area contributed by atoms with Crippen molar-refractivity contribution < 1.29 is 18.4 Å². The predicted molar refractivity (Wildman–Crippen MR) is 118 cm³/mol. The van der Waals surface area contributed by atoms with E-state index < -0.39 is 17.6 Å². The lowest BCUT2D eigenvalue weighted by molar-refractivity contribution is -0.121. The van der Waals surface area contributed by atoms with Crippen LogP contribution in [0.1, 0.15) is 27.7 Å². The molecular weight excluding hydrogens is 431 g/mol. The van der Waals surface area contributed by atoms with Crippen LogP contribution < -0.4 is 10.9 Å². The van der Waals surface area contributed by atoms with E-state index >= 15 is 0 Å². The largest absolute Gasteiger partial charge is 0.441 e. The molecule has 2 amide bonds. The maximum atomic E-state index is 13.8. The molecule has 0 unspecified atom stereocenters. The number of amides is 2. The summed E-state index contributed by atoms with van der Waals surface area (Å²) in [4.78, 5) is 33.5. The number of oxazole rings is 1. The van der Waals surface area contributed by atoms with Crippen LogP contribution in [0.25, 0.3) is 21.9 Å². The predicted octanol–water partition coefficient (Wildman–Crippen LogP) is 4.31. The Morgan fingerprint density at radius 2 is 1.81 bits per heavy atom. The number of hydrogen-bond acceptors (Lipinski definition) is 6. The van der Waals surface area contributed by atoms with Crippen molar-refractivity contribution in [2.75, 3.05) is 0 Å².